The van der Waals surface area contributed by atoms with E-state index in [1.807, 2.05) is 0 Å². The monoisotopic (exact) mass is 237 g/mol. The first-order valence-corrected chi connectivity index (χ1v) is 5.11. The second-order valence-corrected chi connectivity index (χ2v) is 3.72. The second kappa shape index (κ2) is 4.21. The summed E-state index contributed by atoms with van der Waals surface area (Å²) < 4.78 is 0. The molecule has 0 aliphatic carbocycles. The van der Waals surface area contributed by atoms with Crippen LogP contribution in [0.25, 0.3) is 11.3 Å². The summed E-state index contributed by atoms with van der Waals surface area (Å²) in [4.78, 5) is 18.1. The molecule has 3 N–H and O–H groups in total. The van der Waals surface area contributed by atoms with Crippen molar-refractivity contribution in [1.29, 1.82) is 0 Å². The van der Waals surface area contributed by atoms with Gasteiger partial charge in [-0.25, -0.2) is 10.8 Å². The summed E-state index contributed by atoms with van der Waals surface area (Å²) in [5.41, 5.74) is 3.51. The summed E-state index contributed by atoms with van der Waals surface area (Å²) in [6, 6.07) is 1.44. The van der Waals surface area contributed by atoms with Crippen molar-refractivity contribution in [1.82, 2.24) is 9.97 Å². The Kier molecular flexibility index (Phi) is 2.75. The lowest BCUT2D eigenvalue weighted by atomic mass is 10.2. The number of anilines is 1. The normalized spacial score (nSPS) is 10.1. The summed E-state index contributed by atoms with van der Waals surface area (Å²) in [6.45, 7) is 0. The Morgan fingerprint density at radius 2 is 2.19 bits per heavy atom. The van der Waals surface area contributed by atoms with Crippen LogP contribution >= 0.6 is 11.3 Å². The Morgan fingerprint density at radius 1 is 1.44 bits per heavy atom. The number of nitrogen functional groups attached to an aromatic ring is 1. The number of nitrogens with zero attached hydrogens (tertiary/aromatic N) is 3. The molecule has 0 bridgehead atoms. The number of hydrogen-bond acceptors (Lipinski definition) is 7. The first-order chi connectivity index (χ1) is 7.72. The summed E-state index contributed by atoms with van der Waals surface area (Å²) in [7, 11) is 0. The molecule has 0 unspecified atom stereocenters. The van der Waals surface area contributed by atoms with Crippen molar-refractivity contribution in [3.05, 3.63) is 34.0 Å². The van der Waals surface area contributed by atoms with Crippen LogP contribution in [0.1, 0.15) is 0 Å². The van der Waals surface area contributed by atoms with Gasteiger partial charge in [-0.1, -0.05) is 11.3 Å². The van der Waals surface area contributed by atoms with E-state index < -0.39 is 4.92 Å². The van der Waals surface area contributed by atoms with Crippen LogP contribution in [0.5, 0.6) is 0 Å². The minimum Gasteiger partial charge on any atom is -0.307 e. The molecule has 0 amide bonds. The molecule has 8 heteroatoms. The zero-order valence-electron chi connectivity index (χ0n) is 7.95. The third-order valence-electron chi connectivity index (χ3n) is 1.87. The van der Waals surface area contributed by atoms with Crippen molar-refractivity contribution in [2.75, 3.05) is 5.43 Å². The predicted molar refractivity (Wildman–Crippen MR) is 59.8 cm³/mol. The van der Waals surface area contributed by atoms with Crippen LogP contribution in [-0.4, -0.2) is 14.9 Å². The van der Waals surface area contributed by atoms with E-state index in [0.29, 0.717) is 17.1 Å². The number of hydrazine groups is 1. The molecule has 0 aromatic carbocycles. The van der Waals surface area contributed by atoms with Gasteiger partial charge in [-0.3, -0.25) is 15.1 Å². The minimum absolute atomic E-state index is 0.0589. The number of aromatic nitrogens is 2. The molecule has 7 nitrogen and oxygen atoms in total. The topological polar surface area (TPSA) is 107 Å². The Morgan fingerprint density at radius 3 is 2.81 bits per heavy atom. The highest BCUT2D eigenvalue weighted by Gasteiger charge is 2.14. The molecule has 0 saturated carbocycles. The smallest absolute Gasteiger partial charge is 0.307 e. The number of nitro groups is 1. The van der Waals surface area contributed by atoms with E-state index in [9.17, 15) is 10.1 Å². The zero-order chi connectivity index (χ0) is 11.5. The van der Waals surface area contributed by atoms with Crippen molar-refractivity contribution in [2.45, 2.75) is 0 Å². The molecule has 16 heavy (non-hydrogen) atoms. The van der Waals surface area contributed by atoms with Crippen molar-refractivity contribution in [3.8, 4) is 11.3 Å². The number of hydrogen-bond donors (Lipinski definition) is 2. The highest BCUT2D eigenvalue weighted by atomic mass is 32.1. The fourth-order valence-electron chi connectivity index (χ4n) is 1.20. The molecule has 0 aliphatic rings. The Balaban J connectivity index is 2.46. The van der Waals surface area contributed by atoms with E-state index >= 15 is 0 Å². The fraction of sp³-hybridized carbons (Fsp3) is 0. The number of rotatable bonds is 3. The van der Waals surface area contributed by atoms with Gasteiger partial charge in [-0.2, -0.15) is 0 Å². The van der Waals surface area contributed by atoms with Crippen molar-refractivity contribution in [2.24, 2.45) is 5.84 Å². The van der Waals surface area contributed by atoms with Gasteiger partial charge in [0.2, 0.25) is 0 Å². The van der Waals surface area contributed by atoms with Gasteiger partial charge in [0.05, 0.1) is 4.92 Å². The van der Waals surface area contributed by atoms with E-state index in [4.69, 9.17) is 5.84 Å². The van der Waals surface area contributed by atoms with Crippen molar-refractivity contribution in [3.63, 3.8) is 0 Å². The maximum atomic E-state index is 10.5. The molecule has 0 spiro atoms. The molecule has 2 aromatic heterocycles. The lowest BCUT2D eigenvalue weighted by Gasteiger charge is -2.02. The average Bonchev–Trinajstić information content (AvgIpc) is 2.78. The summed E-state index contributed by atoms with van der Waals surface area (Å²) in [6.07, 6.45) is 2.99. The van der Waals surface area contributed by atoms with Gasteiger partial charge in [0, 0.05) is 29.4 Å². The van der Waals surface area contributed by atoms with Gasteiger partial charge in [-0.15, -0.1) is 0 Å². The maximum absolute atomic E-state index is 10.5. The van der Waals surface area contributed by atoms with E-state index in [2.05, 4.69) is 15.4 Å². The highest BCUT2D eigenvalue weighted by Crippen LogP contribution is 2.31. The first-order valence-electron chi connectivity index (χ1n) is 4.23. The molecule has 0 aliphatic heterocycles. The number of nitrogens with one attached hydrogen (secondary N) is 1. The van der Waals surface area contributed by atoms with E-state index in [1.165, 1.54) is 18.5 Å². The summed E-state index contributed by atoms with van der Waals surface area (Å²) >= 11 is 1.04. The number of thiophene rings is 1. The van der Waals surface area contributed by atoms with Crippen molar-refractivity contribution >= 4 is 22.2 Å². The van der Waals surface area contributed by atoms with E-state index in [-0.39, 0.29) is 5.00 Å². The van der Waals surface area contributed by atoms with Crippen LogP contribution in [0.3, 0.4) is 0 Å². The van der Waals surface area contributed by atoms with Gasteiger partial charge < -0.3 is 5.43 Å². The van der Waals surface area contributed by atoms with E-state index in [1.54, 1.807) is 5.38 Å². The highest BCUT2D eigenvalue weighted by molar-refractivity contribution is 7.13. The quantitative estimate of drug-likeness (QED) is 0.474. The van der Waals surface area contributed by atoms with Gasteiger partial charge in [0.25, 0.3) is 0 Å². The molecule has 2 rings (SSSR count). The third kappa shape index (κ3) is 1.83. The Labute approximate surface area is 94.1 Å². The molecule has 82 valence electrons. The molecule has 0 fully saturated rings. The van der Waals surface area contributed by atoms with Crippen molar-refractivity contribution < 1.29 is 4.92 Å². The van der Waals surface area contributed by atoms with Crippen LogP contribution in [-0.2, 0) is 0 Å². The van der Waals surface area contributed by atoms with Crippen LogP contribution in [0.15, 0.2) is 23.8 Å². The van der Waals surface area contributed by atoms with Crippen LogP contribution < -0.4 is 11.3 Å². The summed E-state index contributed by atoms with van der Waals surface area (Å²) in [5, 5.41) is 12.2. The third-order valence-corrected chi connectivity index (χ3v) is 2.75. The maximum Gasteiger partial charge on any atom is 0.324 e. The van der Waals surface area contributed by atoms with Gasteiger partial charge >= 0.3 is 5.00 Å². The first kappa shape index (κ1) is 10.5. The van der Waals surface area contributed by atoms with Gasteiger partial charge in [0.15, 0.2) is 5.82 Å². The molecule has 2 heterocycles. The van der Waals surface area contributed by atoms with Gasteiger partial charge in [0.1, 0.15) is 5.69 Å². The standard InChI is InChI=1S/C8H7N5O2S/c9-12-8-7(10-1-2-11-8)5-3-6(13(14)15)16-4-5/h1-4H,9H2,(H,11,12). The molecular weight excluding hydrogens is 230 g/mol. The SMILES string of the molecule is NNc1nccnc1-c1csc([N+](=O)[O-])c1. The molecular formula is C8H7N5O2S. The van der Waals surface area contributed by atoms with Gasteiger partial charge in [-0.05, 0) is 0 Å². The molecule has 0 saturated heterocycles. The lowest BCUT2D eigenvalue weighted by Crippen LogP contribution is -2.10. The fourth-order valence-corrected chi connectivity index (χ4v) is 1.91. The predicted octanol–water partition coefficient (Wildman–Crippen LogP) is 1.40. The van der Waals surface area contributed by atoms with Crippen LogP contribution in [0.4, 0.5) is 10.8 Å². The van der Waals surface area contributed by atoms with E-state index in [0.717, 1.165) is 11.3 Å². The Bertz CT molecular complexity index is 527. The molecule has 2 aromatic rings. The number of nitrogens with two attached hydrogens (primary N) is 1. The average molecular weight is 237 g/mol. The van der Waals surface area contributed by atoms with Crippen LogP contribution in [0.2, 0.25) is 0 Å². The molecule has 0 atom stereocenters. The van der Waals surface area contributed by atoms with Crippen LogP contribution in [0, 0.1) is 10.1 Å². The molecule has 0 radical (unpaired) electrons. The minimum atomic E-state index is -0.444. The second-order valence-electron chi connectivity index (χ2n) is 2.83. The summed E-state index contributed by atoms with van der Waals surface area (Å²) in [5.74, 6) is 5.66. The zero-order valence-corrected chi connectivity index (χ0v) is 8.77. The lowest BCUT2D eigenvalue weighted by molar-refractivity contribution is -0.380. The Hall–Kier alpha value is -2.06. The largest absolute Gasteiger partial charge is 0.324 e.